The van der Waals surface area contributed by atoms with Gasteiger partial charge in [-0.2, -0.15) is 4.68 Å². The molecule has 0 bridgehead atoms. The van der Waals surface area contributed by atoms with Crippen LogP contribution in [0.3, 0.4) is 0 Å². The first kappa shape index (κ1) is 21.8. The van der Waals surface area contributed by atoms with E-state index in [1.165, 1.54) is 0 Å². The van der Waals surface area contributed by atoms with Crippen molar-refractivity contribution >= 4 is 5.91 Å². The highest BCUT2D eigenvalue weighted by Crippen LogP contribution is 2.17. The summed E-state index contributed by atoms with van der Waals surface area (Å²) in [4.78, 5) is 16.9. The van der Waals surface area contributed by atoms with Gasteiger partial charge in [0.25, 0.3) is 0 Å². The zero-order valence-corrected chi connectivity index (χ0v) is 18.5. The third-order valence-corrected chi connectivity index (χ3v) is 5.53. The normalized spacial score (nSPS) is 14.4. The Labute approximate surface area is 187 Å². The lowest BCUT2D eigenvalue weighted by atomic mass is 10.1. The topological polar surface area (TPSA) is 85.6 Å². The average Bonchev–Trinajstić information content (AvgIpc) is 3.29. The summed E-state index contributed by atoms with van der Waals surface area (Å²) in [6.45, 7) is 6.17. The van der Waals surface area contributed by atoms with E-state index in [2.05, 4.69) is 20.4 Å². The lowest BCUT2D eigenvalue weighted by Crippen LogP contribution is -2.48. The molecule has 2 aromatic carbocycles. The van der Waals surface area contributed by atoms with Crippen LogP contribution in [-0.4, -0.2) is 75.8 Å². The molecular formula is C23H28N6O3. The second-order valence-electron chi connectivity index (χ2n) is 7.62. The summed E-state index contributed by atoms with van der Waals surface area (Å²) in [6, 6.07) is 15.4. The first-order valence-electron chi connectivity index (χ1n) is 10.8. The number of methoxy groups -OCH3 is 1. The highest BCUT2D eigenvalue weighted by atomic mass is 16.5. The monoisotopic (exact) mass is 436 g/mol. The summed E-state index contributed by atoms with van der Waals surface area (Å²) in [6.07, 6.45) is 0.403. The molecular weight excluding hydrogens is 408 g/mol. The molecule has 3 aromatic rings. The fourth-order valence-corrected chi connectivity index (χ4v) is 3.74. The summed E-state index contributed by atoms with van der Waals surface area (Å²) in [5.41, 5.74) is 1.88. The first-order chi connectivity index (χ1) is 15.7. The zero-order valence-electron chi connectivity index (χ0n) is 18.5. The van der Waals surface area contributed by atoms with Gasteiger partial charge in [-0.3, -0.25) is 9.69 Å². The molecule has 9 nitrogen and oxygen atoms in total. The minimum absolute atomic E-state index is 0.147. The number of carbonyl (C=O) groups is 1. The van der Waals surface area contributed by atoms with Crippen LogP contribution in [0, 0.1) is 0 Å². The van der Waals surface area contributed by atoms with Gasteiger partial charge in [-0.25, -0.2) is 0 Å². The Hall–Kier alpha value is -3.46. The molecule has 1 aromatic heterocycles. The molecule has 0 saturated carbocycles. The van der Waals surface area contributed by atoms with Crippen molar-refractivity contribution in [1.82, 2.24) is 30.0 Å². The molecule has 2 heterocycles. The Kier molecular flexibility index (Phi) is 6.96. The van der Waals surface area contributed by atoms with Crippen LogP contribution in [0.4, 0.5) is 0 Å². The predicted octanol–water partition coefficient (Wildman–Crippen LogP) is 1.96. The van der Waals surface area contributed by atoms with Gasteiger partial charge in [0.1, 0.15) is 11.5 Å². The quantitative estimate of drug-likeness (QED) is 0.534. The molecule has 1 fully saturated rings. The minimum atomic E-state index is 0.147. The molecule has 0 spiro atoms. The average molecular weight is 437 g/mol. The van der Waals surface area contributed by atoms with Crippen LogP contribution < -0.4 is 9.47 Å². The van der Waals surface area contributed by atoms with E-state index in [-0.39, 0.29) is 5.91 Å². The van der Waals surface area contributed by atoms with Gasteiger partial charge in [0.05, 0.1) is 32.4 Å². The van der Waals surface area contributed by atoms with E-state index >= 15 is 0 Å². The molecule has 0 unspecified atom stereocenters. The second kappa shape index (κ2) is 10.2. The molecule has 168 valence electrons. The number of rotatable bonds is 8. The predicted molar refractivity (Wildman–Crippen MR) is 119 cm³/mol. The van der Waals surface area contributed by atoms with Crippen molar-refractivity contribution in [3.05, 3.63) is 59.9 Å². The molecule has 1 saturated heterocycles. The van der Waals surface area contributed by atoms with Crippen molar-refractivity contribution < 1.29 is 14.3 Å². The summed E-state index contributed by atoms with van der Waals surface area (Å²) in [7, 11) is 1.64. The van der Waals surface area contributed by atoms with Gasteiger partial charge in [0.15, 0.2) is 5.82 Å². The van der Waals surface area contributed by atoms with Crippen LogP contribution in [0.5, 0.6) is 11.5 Å². The fourth-order valence-electron chi connectivity index (χ4n) is 3.74. The standard InChI is InChI=1S/C23H28N6O3/c1-3-32-21-10-6-19(7-11-21)29-22(24-25-26-29)17-27-12-14-28(15-13-27)23(30)16-18-4-8-20(31-2)9-5-18/h4-11H,3,12-17H2,1-2H3. The van der Waals surface area contributed by atoms with Crippen molar-refractivity contribution in [3.63, 3.8) is 0 Å². The van der Waals surface area contributed by atoms with Crippen molar-refractivity contribution in [1.29, 1.82) is 0 Å². The number of piperazine rings is 1. The Balaban J connectivity index is 1.30. The molecule has 1 aliphatic rings. The van der Waals surface area contributed by atoms with Crippen molar-refractivity contribution in [2.24, 2.45) is 0 Å². The zero-order chi connectivity index (χ0) is 22.3. The van der Waals surface area contributed by atoms with Gasteiger partial charge in [-0.1, -0.05) is 12.1 Å². The molecule has 1 amide bonds. The van der Waals surface area contributed by atoms with Crippen LogP contribution in [0.2, 0.25) is 0 Å². The van der Waals surface area contributed by atoms with Gasteiger partial charge in [0, 0.05) is 26.2 Å². The third-order valence-electron chi connectivity index (χ3n) is 5.53. The Morgan fingerprint density at radius 1 is 0.969 bits per heavy atom. The number of aromatic nitrogens is 4. The first-order valence-corrected chi connectivity index (χ1v) is 10.8. The SMILES string of the molecule is CCOc1ccc(-n2nnnc2CN2CCN(C(=O)Cc3ccc(OC)cc3)CC2)cc1. The highest BCUT2D eigenvalue weighted by Gasteiger charge is 2.23. The largest absolute Gasteiger partial charge is 0.497 e. The Bertz CT molecular complexity index is 1010. The van der Waals surface area contributed by atoms with E-state index in [9.17, 15) is 4.79 Å². The van der Waals surface area contributed by atoms with Crippen molar-refractivity contribution in [3.8, 4) is 17.2 Å². The van der Waals surface area contributed by atoms with Crippen molar-refractivity contribution in [2.75, 3.05) is 39.9 Å². The molecule has 9 heteroatoms. The third kappa shape index (κ3) is 5.23. The number of ether oxygens (including phenoxy) is 2. The van der Waals surface area contributed by atoms with E-state index in [1.807, 2.05) is 60.4 Å². The minimum Gasteiger partial charge on any atom is -0.497 e. The molecule has 0 N–H and O–H groups in total. The lowest BCUT2D eigenvalue weighted by molar-refractivity contribution is -0.132. The maximum atomic E-state index is 12.7. The molecule has 0 radical (unpaired) electrons. The summed E-state index contributed by atoms with van der Waals surface area (Å²) >= 11 is 0. The van der Waals surface area contributed by atoms with E-state index in [4.69, 9.17) is 9.47 Å². The molecule has 0 aliphatic carbocycles. The maximum Gasteiger partial charge on any atom is 0.227 e. The van der Waals surface area contributed by atoms with Crippen molar-refractivity contribution in [2.45, 2.75) is 19.9 Å². The molecule has 4 rings (SSSR count). The van der Waals surface area contributed by atoms with Crippen LogP contribution in [-0.2, 0) is 17.8 Å². The number of nitrogens with zero attached hydrogens (tertiary/aromatic N) is 6. The number of carbonyl (C=O) groups excluding carboxylic acids is 1. The fraction of sp³-hybridized carbons (Fsp3) is 0.391. The van der Waals surface area contributed by atoms with E-state index in [0.717, 1.165) is 41.7 Å². The number of benzene rings is 2. The summed E-state index contributed by atoms with van der Waals surface area (Å²) in [5, 5.41) is 12.2. The van der Waals surface area contributed by atoms with Gasteiger partial charge in [0.2, 0.25) is 5.91 Å². The number of amides is 1. The van der Waals surface area contributed by atoms with E-state index < -0.39 is 0 Å². The summed E-state index contributed by atoms with van der Waals surface area (Å²) in [5.74, 6) is 2.53. The van der Waals surface area contributed by atoms with Gasteiger partial charge in [-0.15, -0.1) is 5.10 Å². The number of tetrazole rings is 1. The smallest absolute Gasteiger partial charge is 0.227 e. The van der Waals surface area contributed by atoms with Gasteiger partial charge >= 0.3 is 0 Å². The Morgan fingerprint density at radius 3 is 2.31 bits per heavy atom. The molecule has 32 heavy (non-hydrogen) atoms. The Morgan fingerprint density at radius 2 is 1.66 bits per heavy atom. The van der Waals surface area contributed by atoms with Gasteiger partial charge in [-0.05, 0) is 59.3 Å². The molecule has 0 atom stereocenters. The van der Waals surface area contributed by atoms with E-state index in [1.54, 1.807) is 11.8 Å². The van der Waals surface area contributed by atoms with Crippen LogP contribution in [0.1, 0.15) is 18.3 Å². The van der Waals surface area contributed by atoms with Gasteiger partial charge < -0.3 is 14.4 Å². The lowest BCUT2D eigenvalue weighted by Gasteiger charge is -2.34. The van der Waals surface area contributed by atoms with Crippen LogP contribution in [0.25, 0.3) is 5.69 Å². The molecule has 1 aliphatic heterocycles. The highest BCUT2D eigenvalue weighted by molar-refractivity contribution is 5.79. The number of hydrogen-bond donors (Lipinski definition) is 0. The number of hydrogen-bond acceptors (Lipinski definition) is 7. The van der Waals surface area contributed by atoms with Crippen LogP contribution in [0.15, 0.2) is 48.5 Å². The maximum absolute atomic E-state index is 12.7. The van der Waals surface area contributed by atoms with Crippen LogP contribution >= 0.6 is 0 Å². The second-order valence-corrected chi connectivity index (χ2v) is 7.62. The van der Waals surface area contributed by atoms with E-state index in [0.29, 0.717) is 32.7 Å². The summed E-state index contributed by atoms with van der Waals surface area (Å²) < 4.78 is 12.4.